The Labute approximate surface area is 129 Å². The smallest absolute Gasteiger partial charge is 0.387 e. The van der Waals surface area contributed by atoms with Crippen LogP contribution in [-0.4, -0.2) is 6.61 Å². The first-order valence-electron chi connectivity index (χ1n) is 5.22. The molecular formula is C12H9Br2F2NOS. The van der Waals surface area contributed by atoms with Crippen LogP contribution in [0.2, 0.25) is 0 Å². The lowest BCUT2D eigenvalue weighted by Gasteiger charge is -2.12. The van der Waals surface area contributed by atoms with Crippen LogP contribution < -0.4 is 10.5 Å². The molecule has 102 valence electrons. The van der Waals surface area contributed by atoms with E-state index in [9.17, 15) is 8.78 Å². The molecule has 0 radical (unpaired) electrons. The van der Waals surface area contributed by atoms with Crippen molar-refractivity contribution in [3.05, 3.63) is 49.0 Å². The van der Waals surface area contributed by atoms with Crippen LogP contribution in [-0.2, 0) is 0 Å². The first-order chi connectivity index (χ1) is 8.97. The second-order valence-electron chi connectivity index (χ2n) is 3.70. The molecule has 1 unspecified atom stereocenters. The molecule has 0 aliphatic rings. The van der Waals surface area contributed by atoms with E-state index in [2.05, 4.69) is 36.6 Å². The average molecular weight is 413 g/mol. The van der Waals surface area contributed by atoms with Gasteiger partial charge in [-0.25, -0.2) is 0 Å². The van der Waals surface area contributed by atoms with Gasteiger partial charge >= 0.3 is 6.61 Å². The lowest BCUT2D eigenvalue weighted by atomic mass is 10.1. The number of ether oxygens (including phenoxy) is 1. The zero-order valence-corrected chi connectivity index (χ0v) is 13.4. The molecule has 0 spiro atoms. The zero-order chi connectivity index (χ0) is 14.0. The van der Waals surface area contributed by atoms with E-state index < -0.39 is 6.61 Å². The lowest BCUT2D eigenvalue weighted by Crippen LogP contribution is -2.10. The third kappa shape index (κ3) is 3.75. The summed E-state index contributed by atoms with van der Waals surface area (Å²) >= 11 is 8.28. The normalized spacial score (nSPS) is 12.7. The molecule has 1 aromatic carbocycles. The monoisotopic (exact) mass is 411 g/mol. The van der Waals surface area contributed by atoms with Crippen molar-refractivity contribution in [1.29, 1.82) is 0 Å². The van der Waals surface area contributed by atoms with Crippen molar-refractivity contribution < 1.29 is 13.5 Å². The van der Waals surface area contributed by atoms with Gasteiger partial charge in [0.25, 0.3) is 0 Å². The Balaban J connectivity index is 2.25. The second kappa shape index (κ2) is 6.30. The molecular weight excluding hydrogens is 404 g/mol. The Morgan fingerprint density at radius 3 is 2.53 bits per heavy atom. The molecule has 0 bridgehead atoms. The van der Waals surface area contributed by atoms with Crippen molar-refractivity contribution in [2.45, 2.75) is 12.7 Å². The minimum atomic E-state index is -2.84. The number of alkyl halides is 2. The van der Waals surface area contributed by atoms with Crippen molar-refractivity contribution in [3.63, 3.8) is 0 Å². The Kier molecular flexibility index (Phi) is 4.94. The number of thiophene rings is 1. The summed E-state index contributed by atoms with van der Waals surface area (Å²) in [5.74, 6) is 0.109. The molecule has 7 heteroatoms. The molecule has 2 N–H and O–H groups in total. The largest absolute Gasteiger partial charge is 0.435 e. The quantitative estimate of drug-likeness (QED) is 0.773. The molecule has 2 aromatic rings. The van der Waals surface area contributed by atoms with Crippen LogP contribution >= 0.6 is 43.2 Å². The summed E-state index contributed by atoms with van der Waals surface area (Å²) in [4.78, 5) is 0.924. The Bertz CT molecular complexity index is 557. The summed E-state index contributed by atoms with van der Waals surface area (Å²) in [6.07, 6.45) is 0. The maximum absolute atomic E-state index is 12.2. The van der Waals surface area contributed by atoms with Crippen molar-refractivity contribution in [3.8, 4) is 5.75 Å². The SMILES string of the molecule is NC(c1cccc(OC(F)F)c1)c1cc(Br)c(Br)s1. The van der Waals surface area contributed by atoms with Crippen LogP contribution in [0.1, 0.15) is 16.5 Å². The molecule has 0 saturated heterocycles. The molecule has 0 aliphatic heterocycles. The fourth-order valence-electron chi connectivity index (χ4n) is 1.57. The highest BCUT2D eigenvalue weighted by molar-refractivity contribution is 9.13. The molecule has 0 amide bonds. The predicted molar refractivity (Wildman–Crippen MR) is 78.8 cm³/mol. The predicted octanol–water partition coefficient (Wildman–Crippen LogP) is 4.92. The Hall–Kier alpha value is -0.500. The minimum Gasteiger partial charge on any atom is -0.435 e. The second-order valence-corrected chi connectivity index (χ2v) is 6.96. The van der Waals surface area contributed by atoms with Crippen LogP contribution in [0.3, 0.4) is 0 Å². The average Bonchev–Trinajstić information content (AvgIpc) is 2.68. The summed E-state index contributed by atoms with van der Waals surface area (Å²) < 4.78 is 30.6. The number of rotatable bonds is 4. The van der Waals surface area contributed by atoms with Crippen molar-refractivity contribution in [2.75, 3.05) is 0 Å². The summed E-state index contributed by atoms with van der Waals surface area (Å²) in [5, 5.41) is 0. The Morgan fingerprint density at radius 2 is 1.95 bits per heavy atom. The van der Waals surface area contributed by atoms with E-state index in [1.165, 1.54) is 23.5 Å². The third-order valence-electron chi connectivity index (χ3n) is 2.41. The molecule has 19 heavy (non-hydrogen) atoms. The standard InChI is InChI=1S/C12H9Br2F2NOS/c13-8-5-9(19-11(8)14)10(17)6-2-1-3-7(4-6)18-12(15)16/h1-5,10,12H,17H2. The van der Waals surface area contributed by atoms with E-state index in [1.807, 2.05) is 6.07 Å². The van der Waals surface area contributed by atoms with Gasteiger partial charge in [-0.1, -0.05) is 12.1 Å². The van der Waals surface area contributed by atoms with Gasteiger partial charge < -0.3 is 10.5 Å². The molecule has 1 atom stereocenters. The van der Waals surface area contributed by atoms with Gasteiger partial charge in [0.05, 0.1) is 9.83 Å². The third-order valence-corrected chi connectivity index (χ3v) is 5.75. The number of benzene rings is 1. The number of nitrogens with two attached hydrogens (primary N) is 1. The maximum Gasteiger partial charge on any atom is 0.387 e. The van der Waals surface area contributed by atoms with E-state index >= 15 is 0 Å². The molecule has 2 rings (SSSR count). The van der Waals surface area contributed by atoms with E-state index in [1.54, 1.807) is 12.1 Å². The summed E-state index contributed by atoms with van der Waals surface area (Å²) in [6, 6.07) is 7.95. The van der Waals surface area contributed by atoms with Gasteiger partial charge in [0.2, 0.25) is 0 Å². The summed E-state index contributed by atoms with van der Waals surface area (Å²) in [5.41, 5.74) is 6.85. The van der Waals surface area contributed by atoms with E-state index in [-0.39, 0.29) is 11.8 Å². The highest BCUT2D eigenvalue weighted by Crippen LogP contribution is 2.37. The first kappa shape index (κ1) is 14.9. The fraction of sp³-hybridized carbons (Fsp3) is 0.167. The fourth-order valence-corrected chi connectivity index (χ4v) is 3.68. The first-order valence-corrected chi connectivity index (χ1v) is 7.62. The molecule has 0 saturated carbocycles. The number of hydrogen-bond donors (Lipinski definition) is 1. The van der Waals surface area contributed by atoms with Gasteiger partial charge in [0, 0.05) is 9.35 Å². The van der Waals surface area contributed by atoms with Crippen LogP contribution in [0.25, 0.3) is 0 Å². The summed E-state index contributed by atoms with van der Waals surface area (Å²) in [6.45, 7) is -2.84. The van der Waals surface area contributed by atoms with Crippen molar-refractivity contribution in [1.82, 2.24) is 0 Å². The van der Waals surface area contributed by atoms with E-state index in [0.717, 1.165) is 18.7 Å². The molecule has 0 aliphatic carbocycles. The summed E-state index contributed by atoms with van der Waals surface area (Å²) in [7, 11) is 0. The van der Waals surface area contributed by atoms with Crippen LogP contribution in [0.5, 0.6) is 5.75 Å². The van der Waals surface area contributed by atoms with Crippen molar-refractivity contribution >= 4 is 43.2 Å². The van der Waals surface area contributed by atoms with E-state index in [0.29, 0.717) is 0 Å². The van der Waals surface area contributed by atoms with Crippen LogP contribution in [0, 0.1) is 0 Å². The highest BCUT2D eigenvalue weighted by atomic mass is 79.9. The van der Waals surface area contributed by atoms with Crippen LogP contribution in [0.4, 0.5) is 8.78 Å². The van der Waals surface area contributed by atoms with Crippen LogP contribution in [0.15, 0.2) is 38.6 Å². The number of hydrogen-bond acceptors (Lipinski definition) is 3. The van der Waals surface area contributed by atoms with Crippen molar-refractivity contribution in [2.24, 2.45) is 5.73 Å². The zero-order valence-electron chi connectivity index (χ0n) is 9.45. The van der Waals surface area contributed by atoms with Gasteiger partial charge in [-0.15, -0.1) is 11.3 Å². The van der Waals surface area contributed by atoms with Gasteiger partial charge in [0.1, 0.15) is 5.75 Å². The minimum absolute atomic E-state index is 0.109. The Morgan fingerprint density at radius 1 is 1.21 bits per heavy atom. The highest BCUT2D eigenvalue weighted by Gasteiger charge is 2.15. The van der Waals surface area contributed by atoms with Gasteiger partial charge in [-0.2, -0.15) is 8.78 Å². The van der Waals surface area contributed by atoms with Gasteiger partial charge in [-0.05, 0) is 55.6 Å². The number of halogens is 4. The molecule has 1 heterocycles. The van der Waals surface area contributed by atoms with Gasteiger partial charge in [0.15, 0.2) is 0 Å². The molecule has 2 nitrogen and oxygen atoms in total. The van der Waals surface area contributed by atoms with Gasteiger partial charge in [-0.3, -0.25) is 0 Å². The molecule has 0 fully saturated rings. The molecule has 1 aromatic heterocycles. The maximum atomic E-state index is 12.2. The van der Waals surface area contributed by atoms with E-state index in [4.69, 9.17) is 5.73 Å². The topological polar surface area (TPSA) is 35.2 Å². The lowest BCUT2D eigenvalue weighted by molar-refractivity contribution is -0.0498.